The zero-order valence-electron chi connectivity index (χ0n) is 12.3. The number of anilines is 2. The predicted octanol–water partition coefficient (Wildman–Crippen LogP) is 3.42. The molecule has 1 aromatic heterocycles. The van der Waals surface area contributed by atoms with Gasteiger partial charge in [-0.25, -0.2) is 9.97 Å². The molecule has 0 atom stereocenters. The van der Waals surface area contributed by atoms with Crippen molar-refractivity contribution in [3.8, 4) is 0 Å². The van der Waals surface area contributed by atoms with Crippen LogP contribution in [0.2, 0.25) is 5.02 Å². The van der Waals surface area contributed by atoms with E-state index in [4.69, 9.17) is 11.6 Å². The van der Waals surface area contributed by atoms with Gasteiger partial charge in [0.1, 0.15) is 0 Å². The molecule has 0 saturated carbocycles. The van der Waals surface area contributed by atoms with Crippen LogP contribution in [0.4, 0.5) is 11.6 Å². The van der Waals surface area contributed by atoms with E-state index >= 15 is 0 Å². The van der Waals surface area contributed by atoms with Crippen LogP contribution in [-0.4, -0.2) is 33.9 Å². The first kappa shape index (κ1) is 14.8. The lowest BCUT2D eigenvalue weighted by Gasteiger charge is -2.14. The van der Waals surface area contributed by atoms with Crippen molar-refractivity contribution in [3.63, 3.8) is 0 Å². The van der Waals surface area contributed by atoms with Crippen LogP contribution in [0.3, 0.4) is 0 Å². The number of nitrogens with zero attached hydrogens (tertiary/aromatic N) is 3. The number of rotatable bonds is 3. The molecule has 0 bridgehead atoms. The molecule has 22 heavy (non-hydrogen) atoms. The van der Waals surface area contributed by atoms with Crippen molar-refractivity contribution in [1.82, 2.24) is 14.9 Å². The van der Waals surface area contributed by atoms with Crippen LogP contribution in [-0.2, 0) is 0 Å². The van der Waals surface area contributed by atoms with E-state index in [2.05, 4.69) is 15.3 Å². The molecule has 6 heteroatoms. The fraction of sp³-hybridized carbons (Fsp3) is 0.312. The average Bonchev–Trinajstić information content (AvgIpc) is 3.05. The number of benzene rings is 1. The maximum absolute atomic E-state index is 12.2. The van der Waals surface area contributed by atoms with Gasteiger partial charge < -0.3 is 10.2 Å². The van der Waals surface area contributed by atoms with E-state index in [-0.39, 0.29) is 5.91 Å². The first-order valence-corrected chi connectivity index (χ1v) is 7.66. The van der Waals surface area contributed by atoms with E-state index in [1.165, 1.54) is 0 Å². The number of likely N-dealkylation sites (tertiary alicyclic amines) is 1. The summed E-state index contributed by atoms with van der Waals surface area (Å²) in [6, 6.07) is 5.66. The Bertz CT molecular complexity index is 681. The summed E-state index contributed by atoms with van der Waals surface area (Å²) in [6.45, 7) is 3.59. The van der Waals surface area contributed by atoms with Gasteiger partial charge in [0, 0.05) is 36.2 Å². The summed E-state index contributed by atoms with van der Waals surface area (Å²) in [5.41, 5.74) is 2.35. The monoisotopic (exact) mass is 316 g/mol. The Hall–Kier alpha value is -2.14. The Morgan fingerprint density at radius 1 is 1.23 bits per heavy atom. The minimum atomic E-state index is 0.00225. The molecule has 1 aliphatic heterocycles. The Labute approximate surface area is 134 Å². The lowest BCUT2D eigenvalue weighted by Crippen LogP contribution is -2.27. The molecule has 0 spiro atoms. The number of carbonyl (C=O) groups is 1. The van der Waals surface area contributed by atoms with Gasteiger partial charge in [0.05, 0.1) is 5.56 Å². The molecule has 2 heterocycles. The van der Waals surface area contributed by atoms with Crippen molar-refractivity contribution in [3.05, 3.63) is 46.7 Å². The van der Waals surface area contributed by atoms with Crippen LogP contribution in [0.5, 0.6) is 0 Å². The second kappa shape index (κ2) is 6.32. The number of carbonyl (C=O) groups excluding carboxylic acids is 1. The lowest BCUT2D eigenvalue weighted by atomic mass is 10.2. The third-order valence-electron chi connectivity index (χ3n) is 3.72. The first-order chi connectivity index (χ1) is 10.6. The van der Waals surface area contributed by atoms with Crippen LogP contribution >= 0.6 is 11.6 Å². The summed E-state index contributed by atoms with van der Waals surface area (Å²) in [4.78, 5) is 22.5. The molecule has 1 N–H and O–H groups in total. The summed E-state index contributed by atoms with van der Waals surface area (Å²) in [5.74, 6) is 0.445. The summed E-state index contributed by atoms with van der Waals surface area (Å²) < 4.78 is 0. The zero-order chi connectivity index (χ0) is 15.5. The number of hydrogen-bond donors (Lipinski definition) is 1. The highest BCUT2D eigenvalue weighted by Gasteiger charge is 2.19. The summed E-state index contributed by atoms with van der Waals surface area (Å²) in [5, 5.41) is 3.76. The standard InChI is InChI=1S/C16H17ClN4O/c1-11-4-5-13(8-14(11)17)20-16-18-9-12(10-19-16)15(22)21-6-2-3-7-21/h4-5,8-10H,2-3,6-7H2,1H3,(H,18,19,20). The smallest absolute Gasteiger partial charge is 0.256 e. The SMILES string of the molecule is Cc1ccc(Nc2ncc(C(=O)N3CCCC3)cn2)cc1Cl. The fourth-order valence-corrected chi connectivity index (χ4v) is 2.59. The normalized spacial score (nSPS) is 14.2. The third-order valence-corrected chi connectivity index (χ3v) is 4.13. The van der Waals surface area contributed by atoms with Gasteiger partial charge in [-0.05, 0) is 37.5 Å². The average molecular weight is 317 g/mol. The number of halogens is 1. The largest absolute Gasteiger partial charge is 0.339 e. The predicted molar refractivity (Wildman–Crippen MR) is 86.6 cm³/mol. The van der Waals surface area contributed by atoms with Gasteiger partial charge in [-0.3, -0.25) is 4.79 Å². The number of aryl methyl sites for hydroxylation is 1. The molecular formula is C16H17ClN4O. The van der Waals surface area contributed by atoms with Crippen molar-refractivity contribution < 1.29 is 4.79 Å². The zero-order valence-corrected chi connectivity index (χ0v) is 13.1. The van der Waals surface area contributed by atoms with Gasteiger partial charge in [0.25, 0.3) is 5.91 Å². The molecule has 2 aromatic rings. The molecule has 5 nitrogen and oxygen atoms in total. The Kier molecular flexibility index (Phi) is 4.24. The maximum Gasteiger partial charge on any atom is 0.256 e. The maximum atomic E-state index is 12.2. The molecule has 1 aromatic carbocycles. The summed E-state index contributed by atoms with van der Waals surface area (Å²) >= 11 is 6.09. The summed E-state index contributed by atoms with van der Waals surface area (Å²) in [7, 11) is 0. The topological polar surface area (TPSA) is 58.1 Å². The molecule has 1 amide bonds. The Morgan fingerprint density at radius 3 is 2.55 bits per heavy atom. The van der Waals surface area contributed by atoms with Crippen LogP contribution < -0.4 is 5.32 Å². The second-order valence-corrected chi connectivity index (χ2v) is 5.79. The van der Waals surface area contributed by atoms with Gasteiger partial charge >= 0.3 is 0 Å². The van der Waals surface area contributed by atoms with Crippen molar-refractivity contribution >= 4 is 29.1 Å². The number of hydrogen-bond acceptors (Lipinski definition) is 4. The number of nitrogens with one attached hydrogen (secondary N) is 1. The van der Waals surface area contributed by atoms with Crippen LogP contribution in [0.15, 0.2) is 30.6 Å². The molecule has 0 aliphatic carbocycles. The van der Waals surface area contributed by atoms with E-state index in [1.807, 2.05) is 30.0 Å². The van der Waals surface area contributed by atoms with E-state index < -0.39 is 0 Å². The van der Waals surface area contributed by atoms with Crippen LogP contribution in [0.1, 0.15) is 28.8 Å². The highest BCUT2D eigenvalue weighted by atomic mass is 35.5. The first-order valence-electron chi connectivity index (χ1n) is 7.28. The van der Waals surface area contributed by atoms with Gasteiger partial charge in [-0.2, -0.15) is 0 Å². The molecule has 0 radical (unpaired) electrons. The van der Waals surface area contributed by atoms with E-state index in [9.17, 15) is 4.79 Å². The molecule has 1 fully saturated rings. The molecule has 0 unspecified atom stereocenters. The van der Waals surface area contributed by atoms with Crippen molar-refractivity contribution in [2.45, 2.75) is 19.8 Å². The second-order valence-electron chi connectivity index (χ2n) is 5.38. The van der Waals surface area contributed by atoms with Gasteiger partial charge in [0.2, 0.25) is 5.95 Å². The quantitative estimate of drug-likeness (QED) is 0.942. The van der Waals surface area contributed by atoms with E-state index in [0.717, 1.165) is 37.2 Å². The molecule has 1 saturated heterocycles. The van der Waals surface area contributed by atoms with Gasteiger partial charge in [-0.15, -0.1) is 0 Å². The Morgan fingerprint density at radius 2 is 1.91 bits per heavy atom. The Balaban J connectivity index is 1.70. The minimum absolute atomic E-state index is 0.00225. The minimum Gasteiger partial charge on any atom is -0.339 e. The van der Waals surface area contributed by atoms with Crippen molar-refractivity contribution in [2.24, 2.45) is 0 Å². The van der Waals surface area contributed by atoms with E-state index in [1.54, 1.807) is 12.4 Å². The molecular weight excluding hydrogens is 300 g/mol. The van der Waals surface area contributed by atoms with Gasteiger partial charge in [0.15, 0.2) is 0 Å². The van der Waals surface area contributed by atoms with Crippen LogP contribution in [0.25, 0.3) is 0 Å². The highest BCUT2D eigenvalue weighted by molar-refractivity contribution is 6.31. The molecule has 3 rings (SSSR count). The fourth-order valence-electron chi connectivity index (χ4n) is 2.41. The van der Waals surface area contributed by atoms with E-state index in [0.29, 0.717) is 16.5 Å². The highest BCUT2D eigenvalue weighted by Crippen LogP contribution is 2.22. The molecule has 1 aliphatic rings. The summed E-state index contributed by atoms with van der Waals surface area (Å²) in [6.07, 6.45) is 5.26. The molecule has 114 valence electrons. The van der Waals surface area contributed by atoms with Crippen molar-refractivity contribution in [1.29, 1.82) is 0 Å². The number of amides is 1. The van der Waals surface area contributed by atoms with Crippen LogP contribution in [0, 0.1) is 6.92 Å². The van der Waals surface area contributed by atoms with Gasteiger partial charge in [-0.1, -0.05) is 17.7 Å². The number of aromatic nitrogens is 2. The van der Waals surface area contributed by atoms with Crippen molar-refractivity contribution in [2.75, 3.05) is 18.4 Å². The third kappa shape index (κ3) is 3.20. The lowest BCUT2D eigenvalue weighted by molar-refractivity contribution is 0.0792.